The van der Waals surface area contributed by atoms with Crippen molar-refractivity contribution in [2.75, 3.05) is 6.61 Å². The van der Waals surface area contributed by atoms with Crippen LogP contribution in [0.4, 0.5) is 0 Å². The van der Waals surface area contributed by atoms with Crippen molar-refractivity contribution in [3.63, 3.8) is 0 Å². The van der Waals surface area contributed by atoms with E-state index in [9.17, 15) is 14.4 Å². The second-order valence-electron chi connectivity index (χ2n) is 7.81. The van der Waals surface area contributed by atoms with Gasteiger partial charge in [-0.1, -0.05) is 78.9 Å². The van der Waals surface area contributed by atoms with Gasteiger partial charge in [0, 0.05) is 24.9 Å². The van der Waals surface area contributed by atoms with Gasteiger partial charge in [-0.05, 0) is 23.3 Å². The Balaban J connectivity index is 1.64. The van der Waals surface area contributed by atoms with Gasteiger partial charge in [0.2, 0.25) is 11.7 Å². The molecule has 4 aromatic rings. The van der Waals surface area contributed by atoms with Crippen LogP contribution in [0, 0.1) is 0 Å². The molecule has 0 aliphatic rings. The molecule has 1 N–H and O–H groups in total. The van der Waals surface area contributed by atoms with Crippen LogP contribution in [0.1, 0.15) is 22.8 Å². The van der Waals surface area contributed by atoms with Crippen LogP contribution in [0.2, 0.25) is 0 Å². The fourth-order valence-electron chi connectivity index (χ4n) is 3.94. The number of esters is 1. The first-order valence-electron chi connectivity index (χ1n) is 10.8. The number of Topliss-reactive ketones (excluding diaryl/α,β-unsaturated/α-hetero) is 1. The zero-order valence-electron chi connectivity index (χ0n) is 18.9. The molecule has 0 unspecified atom stereocenters. The Morgan fingerprint density at radius 3 is 2.18 bits per heavy atom. The fourth-order valence-corrected chi connectivity index (χ4v) is 3.94. The van der Waals surface area contributed by atoms with E-state index in [1.54, 1.807) is 12.1 Å². The molecule has 1 amide bonds. The third-order valence-electron chi connectivity index (χ3n) is 5.41. The third kappa shape index (κ3) is 4.81. The van der Waals surface area contributed by atoms with Crippen molar-refractivity contribution in [1.29, 1.82) is 0 Å². The summed E-state index contributed by atoms with van der Waals surface area (Å²) in [5, 5.41) is 3.28. The lowest BCUT2D eigenvalue weighted by Crippen LogP contribution is -2.27. The second kappa shape index (κ2) is 10.0. The van der Waals surface area contributed by atoms with Crippen LogP contribution in [0.5, 0.6) is 0 Å². The van der Waals surface area contributed by atoms with Gasteiger partial charge in [-0.2, -0.15) is 0 Å². The lowest BCUT2D eigenvalue weighted by molar-refractivity contribution is -0.139. The molecule has 3 aromatic carbocycles. The van der Waals surface area contributed by atoms with Crippen molar-refractivity contribution in [2.24, 2.45) is 7.05 Å². The molecule has 0 saturated heterocycles. The summed E-state index contributed by atoms with van der Waals surface area (Å²) >= 11 is 0. The lowest BCUT2D eigenvalue weighted by atomic mass is 10.0. The van der Waals surface area contributed by atoms with Crippen LogP contribution in [0.3, 0.4) is 0 Å². The fraction of sp³-hybridized carbons (Fsp3) is 0.107. The summed E-state index contributed by atoms with van der Waals surface area (Å²) in [5.41, 5.74) is 3.72. The van der Waals surface area contributed by atoms with Crippen LogP contribution in [0.15, 0.2) is 90.6 Å². The molecule has 6 heteroatoms. The molecular weight excluding hydrogens is 428 g/mol. The molecule has 0 spiro atoms. The number of nitrogens with one attached hydrogen (secondary N) is 1. The van der Waals surface area contributed by atoms with Gasteiger partial charge >= 0.3 is 5.97 Å². The maximum Gasteiger partial charge on any atom is 0.355 e. The largest absolute Gasteiger partial charge is 0.453 e. The van der Waals surface area contributed by atoms with Crippen molar-refractivity contribution in [1.82, 2.24) is 9.88 Å². The molecule has 0 radical (unpaired) electrons. The Morgan fingerprint density at radius 2 is 1.50 bits per heavy atom. The first-order valence-corrected chi connectivity index (χ1v) is 10.8. The van der Waals surface area contributed by atoms with Crippen molar-refractivity contribution in [3.8, 4) is 11.3 Å². The number of hydrogen-bond acceptors (Lipinski definition) is 4. The molecule has 0 bridgehead atoms. The van der Waals surface area contributed by atoms with Gasteiger partial charge in [0.05, 0.1) is 11.3 Å². The van der Waals surface area contributed by atoms with Crippen molar-refractivity contribution in [3.05, 3.63) is 102 Å². The van der Waals surface area contributed by atoms with Crippen LogP contribution >= 0.6 is 0 Å². The number of aromatic nitrogens is 1. The topological polar surface area (TPSA) is 77.4 Å². The summed E-state index contributed by atoms with van der Waals surface area (Å²) in [4.78, 5) is 37.8. The minimum absolute atomic E-state index is 0.0345. The summed E-state index contributed by atoms with van der Waals surface area (Å²) < 4.78 is 7.33. The average Bonchev–Trinajstić information content (AvgIpc) is 3.15. The molecule has 1 heterocycles. The number of fused-ring (bicyclic) bond motifs is 1. The van der Waals surface area contributed by atoms with Crippen LogP contribution < -0.4 is 5.32 Å². The van der Waals surface area contributed by atoms with E-state index in [0.717, 1.165) is 27.7 Å². The zero-order chi connectivity index (χ0) is 24.1. The second-order valence-corrected chi connectivity index (χ2v) is 7.81. The van der Waals surface area contributed by atoms with E-state index in [-0.39, 0.29) is 11.5 Å². The number of aryl methyl sites for hydroxylation is 1. The first kappa shape index (κ1) is 22.7. The van der Waals surface area contributed by atoms with Crippen LogP contribution in [-0.4, -0.2) is 28.8 Å². The predicted octanol–water partition coefficient (Wildman–Crippen LogP) is 4.75. The van der Waals surface area contributed by atoms with E-state index in [4.69, 9.17) is 4.74 Å². The third-order valence-corrected chi connectivity index (χ3v) is 5.41. The highest BCUT2D eigenvalue weighted by atomic mass is 16.5. The van der Waals surface area contributed by atoms with Gasteiger partial charge in [0.25, 0.3) is 0 Å². The highest BCUT2D eigenvalue weighted by Crippen LogP contribution is 2.33. The van der Waals surface area contributed by atoms with E-state index in [0.29, 0.717) is 5.56 Å². The average molecular weight is 453 g/mol. The van der Waals surface area contributed by atoms with Gasteiger partial charge < -0.3 is 14.6 Å². The Labute approximate surface area is 197 Å². The van der Waals surface area contributed by atoms with E-state index in [1.165, 1.54) is 13.0 Å². The quantitative estimate of drug-likeness (QED) is 0.249. The van der Waals surface area contributed by atoms with E-state index in [1.807, 2.05) is 84.4 Å². The maximum absolute atomic E-state index is 13.4. The number of carbonyl (C=O) groups is 3. The molecule has 34 heavy (non-hydrogen) atoms. The lowest BCUT2D eigenvalue weighted by Gasteiger charge is -2.10. The molecule has 4 rings (SSSR count). The number of ketones is 1. The minimum Gasteiger partial charge on any atom is -0.453 e. The van der Waals surface area contributed by atoms with E-state index >= 15 is 0 Å². The number of para-hydroxylation sites is 1. The van der Waals surface area contributed by atoms with Crippen LogP contribution in [-0.2, 0) is 21.4 Å². The predicted molar refractivity (Wildman–Crippen MR) is 132 cm³/mol. The van der Waals surface area contributed by atoms with Crippen LogP contribution in [0.25, 0.3) is 28.2 Å². The molecule has 6 nitrogen and oxygen atoms in total. The van der Waals surface area contributed by atoms with Gasteiger partial charge in [-0.15, -0.1) is 0 Å². The molecule has 0 fully saturated rings. The molecule has 0 aliphatic heterocycles. The van der Waals surface area contributed by atoms with Crippen molar-refractivity contribution in [2.45, 2.75) is 6.92 Å². The van der Waals surface area contributed by atoms with Gasteiger partial charge in [-0.25, -0.2) is 4.79 Å². The summed E-state index contributed by atoms with van der Waals surface area (Å²) in [6.45, 7) is 0.845. The number of benzene rings is 3. The number of rotatable bonds is 7. The van der Waals surface area contributed by atoms with Crippen molar-refractivity contribution < 1.29 is 19.1 Å². The number of amides is 1. The summed E-state index contributed by atoms with van der Waals surface area (Å²) in [7, 11) is 1.91. The molecule has 170 valence electrons. The van der Waals surface area contributed by atoms with E-state index < -0.39 is 18.5 Å². The van der Waals surface area contributed by atoms with Gasteiger partial charge in [0.1, 0.15) is 5.70 Å². The normalized spacial score (nSPS) is 11.3. The number of nitrogens with zero attached hydrogens (tertiary/aromatic N) is 1. The molecule has 0 aliphatic carbocycles. The zero-order valence-corrected chi connectivity index (χ0v) is 18.9. The monoisotopic (exact) mass is 452 g/mol. The molecular formula is C28H24N2O4. The highest BCUT2D eigenvalue weighted by molar-refractivity contribution is 6.14. The van der Waals surface area contributed by atoms with E-state index in [2.05, 4.69) is 5.32 Å². The highest BCUT2D eigenvalue weighted by Gasteiger charge is 2.24. The SMILES string of the molecule is CC(=O)NC(=Cc1ccccc1)C(=O)OCC(=O)c1c(-c2ccccc2)n(C)c2ccccc12. The Morgan fingerprint density at radius 1 is 0.882 bits per heavy atom. The summed E-state index contributed by atoms with van der Waals surface area (Å²) in [6.07, 6.45) is 1.52. The first-order chi connectivity index (χ1) is 16.5. The van der Waals surface area contributed by atoms with Gasteiger partial charge in [-0.3, -0.25) is 9.59 Å². The smallest absolute Gasteiger partial charge is 0.355 e. The Hall–Kier alpha value is -4.45. The number of ether oxygens (including phenoxy) is 1. The summed E-state index contributed by atoms with van der Waals surface area (Å²) in [6, 6.07) is 26.3. The summed E-state index contributed by atoms with van der Waals surface area (Å²) in [5.74, 6) is -1.52. The van der Waals surface area contributed by atoms with Gasteiger partial charge in [0.15, 0.2) is 6.61 Å². The molecule has 0 saturated carbocycles. The number of carbonyl (C=O) groups excluding carboxylic acids is 3. The number of hydrogen-bond donors (Lipinski definition) is 1. The van der Waals surface area contributed by atoms with Crippen molar-refractivity contribution >= 4 is 34.6 Å². The Kier molecular flexibility index (Phi) is 6.69. The minimum atomic E-state index is -0.783. The maximum atomic E-state index is 13.4. The molecule has 1 aromatic heterocycles. The standard InChI is InChI=1S/C28H24N2O4/c1-19(31)29-23(17-20-11-5-3-6-12-20)28(33)34-18-25(32)26-22-15-9-10-16-24(22)30(2)27(26)21-13-7-4-8-14-21/h3-17H,18H2,1-2H3,(H,29,31). The Bertz CT molecular complexity index is 1390. The molecule has 0 atom stereocenters.